The minimum absolute atomic E-state index is 0.0784. The fraction of sp³-hybridized carbons (Fsp3) is 0.440. The fourth-order valence-electron chi connectivity index (χ4n) is 5.07. The number of hydrogen-bond donors (Lipinski definition) is 1. The Labute approximate surface area is 183 Å². The van der Waals surface area contributed by atoms with Crippen LogP contribution in [0.4, 0.5) is 0 Å². The van der Waals surface area contributed by atoms with E-state index in [1.165, 1.54) is 25.9 Å². The summed E-state index contributed by atoms with van der Waals surface area (Å²) in [4.78, 5) is 22.3. The third-order valence-electron chi connectivity index (χ3n) is 6.73. The van der Waals surface area contributed by atoms with Gasteiger partial charge in [-0.05, 0) is 62.2 Å². The van der Waals surface area contributed by atoms with Crippen molar-refractivity contribution in [3.05, 3.63) is 65.5 Å². The van der Waals surface area contributed by atoms with Gasteiger partial charge < -0.3 is 14.6 Å². The second-order valence-corrected chi connectivity index (χ2v) is 8.70. The number of hydrogen-bond acceptors (Lipinski definition) is 4. The zero-order chi connectivity index (χ0) is 21.2. The molecule has 1 amide bonds. The monoisotopic (exact) mass is 418 g/mol. The highest BCUT2D eigenvalue weighted by Gasteiger charge is 2.31. The molecule has 0 spiro atoms. The molecule has 6 nitrogen and oxygen atoms in total. The summed E-state index contributed by atoms with van der Waals surface area (Å²) in [5.74, 6) is 1.07. The van der Waals surface area contributed by atoms with Crippen molar-refractivity contribution in [3.8, 4) is 0 Å². The number of benzene rings is 2. The number of fused-ring (bicyclic) bond motifs is 1. The topological polar surface area (TPSA) is 61.6 Å². The largest absolute Gasteiger partial charge is 0.395 e. The summed E-state index contributed by atoms with van der Waals surface area (Å²) >= 11 is 0. The van der Waals surface area contributed by atoms with E-state index in [2.05, 4.69) is 9.47 Å². The minimum Gasteiger partial charge on any atom is -0.395 e. The smallest absolute Gasteiger partial charge is 0.253 e. The van der Waals surface area contributed by atoms with Crippen molar-refractivity contribution in [2.75, 3.05) is 32.8 Å². The van der Waals surface area contributed by atoms with E-state index in [0.29, 0.717) is 19.0 Å². The van der Waals surface area contributed by atoms with Gasteiger partial charge in [0.15, 0.2) is 0 Å². The summed E-state index contributed by atoms with van der Waals surface area (Å²) in [6.45, 7) is 4.68. The summed E-state index contributed by atoms with van der Waals surface area (Å²) in [7, 11) is 0. The normalized spacial score (nSPS) is 19.5. The maximum atomic E-state index is 13.0. The molecule has 0 aliphatic carbocycles. The molecular weight excluding hydrogens is 388 g/mol. The van der Waals surface area contributed by atoms with E-state index in [1.54, 1.807) is 0 Å². The molecule has 2 aliphatic rings. The van der Waals surface area contributed by atoms with Gasteiger partial charge in [0.25, 0.3) is 5.91 Å². The van der Waals surface area contributed by atoms with Crippen LogP contribution in [0.3, 0.4) is 0 Å². The lowest BCUT2D eigenvalue weighted by molar-refractivity contribution is 0.0780. The highest BCUT2D eigenvalue weighted by molar-refractivity contribution is 5.94. The Bertz CT molecular complexity index is 1050. The molecule has 1 aromatic heterocycles. The zero-order valence-electron chi connectivity index (χ0n) is 17.9. The molecule has 2 saturated heterocycles. The Hall–Kier alpha value is -2.70. The average Bonchev–Trinajstić information content (AvgIpc) is 3.55. The maximum Gasteiger partial charge on any atom is 0.253 e. The van der Waals surface area contributed by atoms with Crippen LogP contribution in [0.1, 0.15) is 41.0 Å². The standard InChI is InChI=1S/C25H30N4O2/c30-16-15-29-23-6-2-1-5-22(23)26-24(29)17-19-7-9-20(10-8-19)25(31)28-14-11-21(18-28)27-12-3-4-13-27/h1-2,5-10,21,30H,3-4,11-18H2/t21-/m0/s1. The molecular formula is C25H30N4O2. The Kier molecular flexibility index (Phi) is 5.74. The summed E-state index contributed by atoms with van der Waals surface area (Å²) in [6, 6.07) is 16.5. The highest BCUT2D eigenvalue weighted by Crippen LogP contribution is 2.23. The number of para-hydroxylation sites is 2. The van der Waals surface area contributed by atoms with Crippen LogP contribution in [0.5, 0.6) is 0 Å². The van der Waals surface area contributed by atoms with Crippen LogP contribution in [0.15, 0.2) is 48.5 Å². The van der Waals surface area contributed by atoms with E-state index in [0.717, 1.165) is 47.5 Å². The van der Waals surface area contributed by atoms with Crippen molar-refractivity contribution in [1.82, 2.24) is 19.4 Å². The molecule has 2 aliphatic heterocycles. The number of carbonyl (C=O) groups excluding carboxylic acids is 1. The lowest BCUT2D eigenvalue weighted by atomic mass is 10.1. The minimum atomic E-state index is 0.0784. The Morgan fingerprint density at radius 3 is 2.58 bits per heavy atom. The summed E-state index contributed by atoms with van der Waals surface area (Å²) in [6.07, 6.45) is 4.34. The van der Waals surface area contributed by atoms with Crippen molar-refractivity contribution in [2.24, 2.45) is 0 Å². The number of imidazole rings is 1. The number of aliphatic hydroxyl groups is 1. The average molecular weight is 419 g/mol. The van der Waals surface area contributed by atoms with Crippen molar-refractivity contribution in [1.29, 1.82) is 0 Å². The lowest BCUT2D eigenvalue weighted by Crippen LogP contribution is -2.37. The van der Waals surface area contributed by atoms with E-state index in [4.69, 9.17) is 4.98 Å². The predicted molar refractivity (Wildman–Crippen MR) is 121 cm³/mol. The van der Waals surface area contributed by atoms with Gasteiger partial charge >= 0.3 is 0 Å². The van der Waals surface area contributed by atoms with Crippen LogP contribution in [-0.4, -0.2) is 69.2 Å². The maximum absolute atomic E-state index is 13.0. The van der Waals surface area contributed by atoms with Gasteiger partial charge in [-0.25, -0.2) is 4.98 Å². The molecule has 1 atom stereocenters. The summed E-state index contributed by atoms with van der Waals surface area (Å²) in [5.41, 5.74) is 3.86. The molecule has 0 saturated carbocycles. The molecule has 0 bridgehead atoms. The number of aliphatic hydroxyl groups excluding tert-OH is 1. The molecule has 0 radical (unpaired) electrons. The van der Waals surface area contributed by atoms with Gasteiger partial charge in [-0.2, -0.15) is 0 Å². The first-order valence-electron chi connectivity index (χ1n) is 11.4. The Balaban J connectivity index is 1.28. The summed E-state index contributed by atoms with van der Waals surface area (Å²) in [5, 5.41) is 9.48. The van der Waals surface area contributed by atoms with Gasteiger partial charge in [0.2, 0.25) is 0 Å². The van der Waals surface area contributed by atoms with E-state index in [1.807, 2.05) is 53.4 Å². The number of carbonyl (C=O) groups is 1. The van der Waals surface area contributed by atoms with Crippen LogP contribution >= 0.6 is 0 Å². The van der Waals surface area contributed by atoms with Gasteiger partial charge in [-0.15, -0.1) is 0 Å². The molecule has 31 heavy (non-hydrogen) atoms. The molecule has 3 heterocycles. The third-order valence-corrected chi connectivity index (χ3v) is 6.73. The third kappa shape index (κ3) is 4.10. The number of rotatable bonds is 6. The van der Waals surface area contributed by atoms with E-state index in [-0.39, 0.29) is 12.5 Å². The highest BCUT2D eigenvalue weighted by atomic mass is 16.3. The Morgan fingerprint density at radius 1 is 1.03 bits per heavy atom. The first kappa shape index (κ1) is 20.2. The second-order valence-electron chi connectivity index (χ2n) is 8.70. The quantitative estimate of drug-likeness (QED) is 0.669. The predicted octanol–water partition coefficient (Wildman–Crippen LogP) is 2.93. The number of nitrogens with zero attached hydrogens (tertiary/aromatic N) is 4. The van der Waals surface area contributed by atoms with Gasteiger partial charge in [0.1, 0.15) is 5.82 Å². The van der Waals surface area contributed by atoms with Crippen LogP contribution in [0.25, 0.3) is 11.0 Å². The van der Waals surface area contributed by atoms with Crippen LogP contribution in [0.2, 0.25) is 0 Å². The van der Waals surface area contributed by atoms with Gasteiger partial charge in [-0.3, -0.25) is 9.69 Å². The van der Waals surface area contributed by atoms with Crippen LogP contribution in [-0.2, 0) is 13.0 Å². The molecule has 3 aromatic rings. The van der Waals surface area contributed by atoms with E-state index in [9.17, 15) is 9.90 Å². The molecule has 2 aromatic carbocycles. The van der Waals surface area contributed by atoms with Crippen molar-refractivity contribution in [3.63, 3.8) is 0 Å². The molecule has 5 rings (SSSR count). The van der Waals surface area contributed by atoms with Crippen molar-refractivity contribution >= 4 is 16.9 Å². The zero-order valence-corrected chi connectivity index (χ0v) is 17.9. The molecule has 162 valence electrons. The fourth-order valence-corrected chi connectivity index (χ4v) is 5.07. The lowest BCUT2D eigenvalue weighted by Gasteiger charge is -2.23. The van der Waals surface area contributed by atoms with Crippen molar-refractivity contribution < 1.29 is 9.90 Å². The van der Waals surface area contributed by atoms with Gasteiger partial charge in [-0.1, -0.05) is 24.3 Å². The first-order chi connectivity index (χ1) is 15.2. The van der Waals surface area contributed by atoms with Crippen LogP contribution in [0, 0.1) is 0 Å². The first-order valence-corrected chi connectivity index (χ1v) is 11.4. The van der Waals surface area contributed by atoms with E-state index < -0.39 is 0 Å². The SMILES string of the molecule is O=C(c1ccc(Cc2nc3ccccc3n2CCO)cc1)N1CC[C@H](N2CCCC2)C1. The summed E-state index contributed by atoms with van der Waals surface area (Å²) < 4.78 is 2.08. The second kappa shape index (κ2) is 8.81. The molecule has 2 fully saturated rings. The molecule has 0 unspecified atom stereocenters. The van der Waals surface area contributed by atoms with Gasteiger partial charge in [0, 0.05) is 37.7 Å². The van der Waals surface area contributed by atoms with Crippen LogP contribution < -0.4 is 0 Å². The number of amides is 1. The molecule has 6 heteroatoms. The molecule has 1 N–H and O–H groups in total. The van der Waals surface area contributed by atoms with Crippen molar-refractivity contribution in [2.45, 2.75) is 38.3 Å². The van der Waals surface area contributed by atoms with Gasteiger partial charge in [0.05, 0.1) is 17.6 Å². The Morgan fingerprint density at radius 2 is 1.81 bits per heavy atom. The number of likely N-dealkylation sites (tertiary alicyclic amines) is 2. The van der Waals surface area contributed by atoms with E-state index >= 15 is 0 Å². The number of aromatic nitrogens is 2.